The second kappa shape index (κ2) is 3.12. The molecular weight excluding hydrogens is 190 g/mol. The fourth-order valence-electron chi connectivity index (χ4n) is 1.63. The lowest BCUT2D eigenvalue weighted by molar-refractivity contribution is 0.142. The van der Waals surface area contributed by atoms with Gasteiger partial charge in [0.2, 0.25) is 0 Å². The number of hydrogen-bond donors (Lipinski definition) is 0. The first-order valence-electron chi connectivity index (χ1n) is 5.12. The summed E-state index contributed by atoms with van der Waals surface area (Å²) in [5.41, 5.74) is 0.906. The van der Waals surface area contributed by atoms with Gasteiger partial charge in [-0.2, -0.15) is 0 Å². The maximum atomic E-state index is 11.7. The van der Waals surface area contributed by atoms with Gasteiger partial charge in [0, 0.05) is 11.6 Å². The predicted molar refractivity (Wildman–Crippen MR) is 56.8 cm³/mol. The van der Waals surface area contributed by atoms with Crippen LogP contribution in [0.25, 0.3) is 10.9 Å². The topological polar surface area (TPSA) is 31.2 Å². The number of carbonyl (C=O) groups is 1. The second-order valence-corrected chi connectivity index (χ2v) is 3.83. The van der Waals surface area contributed by atoms with Crippen LogP contribution in [0.5, 0.6) is 0 Å². The molecule has 3 heteroatoms. The lowest BCUT2D eigenvalue weighted by atomic mass is 10.2. The molecule has 1 heterocycles. The van der Waals surface area contributed by atoms with Gasteiger partial charge in [0.25, 0.3) is 0 Å². The third-order valence-electron chi connectivity index (χ3n) is 2.59. The molecule has 0 unspecified atom stereocenters. The number of hydrogen-bond acceptors (Lipinski definition) is 2. The van der Waals surface area contributed by atoms with Gasteiger partial charge in [-0.25, -0.2) is 4.79 Å². The Morgan fingerprint density at radius 2 is 2.07 bits per heavy atom. The smallest absolute Gasteiger partial charge is 0.418 e. The van der Waals surface area contributed by atoms with Crippen molar-refractivity contribution in [3.05, 3.63) is 36.5 Å². The zero-order valence-electron chi connectivity index (χ0n) is 8.22. The molecule has 15 heavy (non-hydrogen) atoms. The molecule has 0 aliphatic heterocycles. The number of para-hydroxylation sites is 1. The van der Waals surface area contributed by atoms with Gasteiger partial charge in [-0.05, 0) is 25.0 Å². The number of rotatable bonds is 1. The normalized spacial score (nSPS) is 15.5. The van der Waals surface area contributed by atoms with E-state index < -0.39 is 0 Å². The summed E-state index contributed by atoms with van der Waals surface area (Å²) in [6, 6.07) is 9.70. The van der Waals surface area contributed by atoms with E-state index in [2.05, 4.69) is 0 Å². The Morgan fingerprint density at radius 1 is 1.27 bits per heavy atom. The van der Waals surface area contributed by atoms with Crippen molar-refractivity contribution in [2.45, 2.75) is 18.9 Å². The van der Waals surface area contributed by atoms with E-state index in [1.165, 1.54) is 0 Å². The van der Waals surface area contributed by atoms with Crippen molar-refractivity contribution in [3.8, 4) is 0 Å². The maximum Gasteiger partial charge on any atom is 0.418 e. The van der Waals surface area contributed by atoms with Gasteiger partial charge in [0.15, 0.2) is 0 Å². The summed E-state index contributed by atoms with van der Waals surface area (Å²) in [5, 5.41) is 1.06. The molecule has 1 aliphatic carbocycles. The first-order chi connectivity index (χ1) is 7.34. The first-order valence-corrected chi connectivity index (χ1v) is 5.12. The molecule has 1 aromatic carbocycles. The van der Waals surface area contributed by atoms with Crippen LogP contribution in [0.1, 0.15) is 12.8 Å². The Morgan fingerprint density at radius 3 is 2.87 bits per heavy atom. The molecule has 76 valence electrons. The van der Waals surface area contributed by atoms with Crippen molar-refractivity contribution >= 4 is 17.0 Å². The molecule has 1 aliphatic rings. The number of ether oxygens (including phenoxy) is 1. The zero-order valence-corrected chi connectivity index (χ0v) is 8.22. The lowest BCUT2D eigenvalue weighted by Gasteiger charge is -2.04. The fourth-order valence-corrected chi connectivity index (χ4v) is 1.63. The van der Waals surface area contributed by atoms with E-state index in [4.69, 9.17) is 4.74 Å². The quantitative estimate of drug-likeness (QED) is 0.710. The van der Waals surface area contributed by atoms with Crippen molar-refractivity contribution in [2.75, 3.05) is 0 Å². The van der Waals surface area contributed by atoms with E-state index in [1.807, 2.05) is 30.3 Å². The Kier molecular flexibility index (Phi) is 1.78. The van der Waals surface area contributed by atoms with Crippen LogP contribution in [0.2, 0.25) is 0 Å². The maximum absolute atomic E-state index is 11.7. The Labute approximate surface area is 87.3 Å². The summed E-state index contributed by atoms with van der Waals surface area (Å²) in [6.07, 6.45) is 3.66. The van der Waals surface area contributed by atoms with Crippen molar-refractivity contribution in [2.24, 2.45) is 0 Å². The summed E-state index contributed by atoms with van der Waals surface area (Å²) < 4.78 is 6.80. The van der Waals surface area contributed by atoms with Crippen LogP contribution in [0.15, 0.2) is 36.5 Å². The molecule has 0 saturated heterocycles. The minimum atomic E-state index is -0.265. The largest absolute Gasteiger partial charge is 0.446 e. The number of nitrogens with zero attached hydrogens (tertiary/aromatic N) is 1. The minimum Gasteiger partial charge on any atom is -0.446 e. The Hall–Kier alpha value is -1.77. The van der Waals surface area contributed by atoms with Gasteiger partial charge in [0.05, 0.1) is 5.52 Å². The summed E-state index contributed by atoms with van der Waals surface area (Å²) in [7, 11) is 0. The number of carbonyl (C=O) groups excluding carboxylic acids is 1. The van der Waals surface area contributed by atoms with Crippen molar-refractivity contribution in [1.82, 2.24) is 4.57 Å². The molecule has 0 atom stereocenters. The highest BCUT2D eigenvalue weighted by atomic mass is 16.6. The Bertz CT molecular complexity index is 511. The van der Waals surface area contributed by atoms with Gasteiger partial charge in [0.1, 0.15) is 6.10 Å². The van der Waals surface area contributed by atoms with Crippen LogP contribution in [0.3, 0.4) is 0 Å². The summed E-state index contributed by atoms with van der Waals surface area (Å²) >= 11 is 0. The highest BCUT2D eigenvalue weighted by Gasteiger charge is 2.26. The van der Waals surface area contributed by atoms with E-state index >= 15 is 0 Å². The van der Waals surface area contributed by atoms with Crippen molar-refractivity contribution in [3.63, 3.8) is 0 Å². The molecule has 0 radical (unpaired) electrons. The van der Waals surface area contributed by atoms with Crippen LogP contribution >= 0.6 is 0 Å². The molecule has 0 N–H and O–H groups in total. The molecule has 3 rings (SSSR count). The monoisotopic (exact) mass is 201 g/mol. The SMILES string of the molecule is O=C(OC1CC1)n1ccc2ccccc21. The van der Waals surface area contributed by atoms with Gasteiger partial charge in [-0.1, -0.05) is 18.2 Å². The van der Waals surface area contributed by atoms with Gasteiger partial charge in [-0.15, -0.1) is 0 Å². The third-order valence-corrected chi connectivity index (χ3v) is 2.59. The van der Waals surface area contributed by atoms with Crippen LogP contribution < -0.4 is 0 Å². The van der Waals surface area contributed by atoms with E-state index in [9.17, 15) is 4.79 Å². The Balaban J connectivity index is 1.98. The molecule has 1 saturated carbocycles. The number of fused-ring (bicyclic) bond motifs is 1. The van der Waals surface area contributed by atoms with E-state index in [-0.39, 0.29) is 12.2 Å². The van der Waals surface area contributed by atoms with Crippen LogP contribution in [-0.2, 0) is 4.74 Å². The van der Waals surface area contributed by atoms with Gasteiger partial charge >= 0.3 is 6.09 Å². The molecule has 1 aromatic heterocycles. The molecule has 3 nitrogen and oxygen atoms in total. The standard InChI is InChI=1S/C12H11NO2/c14-12(15-10-5-6-10)13-8-7-9-3-1-2-4-11(9)13/h1-4,7-8,10H,5-6H2. The summed E-state index contributed by atoms with van der Waals surface area (Å²) in [6.45, 7) is 0. The first kappa shape index (κ1) is 8.53. The van der Waals surface area contributed by atoms with E-state index in [0.29, 0.717) is 0 Å². The second-order valence-electron chi connectivity index (χ2n) is 3.83. The molecule has 0 spiro atoms. The van der Waals surface area contributed by atoms with Crippen molar-refractivity contribution in [1.29, 1.82) is 0 Å². The van der Waals surface area contributed by atoms with Gasteiger partial charge in [-0.3, -0.25) is 4.57 Å². The molecule has 0 bridgehead atoms. The highest BCUT2D eigenvalue weighted by Crippen LogP contribution is 2.25. The fraction of sp³-hybridized carbons (Fsp3) is 0.250. The highest BCUT2D eigenvalue weighted by molar-refractivity contribution is 5.89. The van der Waals surface area contributed by atoms with Crippen LogP contribution in [0.4, 0.5) is 4.79 Å². The van der Waals surface area contributed by atoms with Gasteiger partial charge < -0.3 is 4.74 Å². The summed E-state index contributed by atoms with van der Waals surface area (Å²) in [5.74, 6) is 0. The van der Waals surface area contributed by atoms with Crippen LogP contribution in [-0.4, -0.2) is 16.8 Å². The van der Waals surface area contributed by atoms with E-state index in [1.54, 1.807) is 10.8 Å². The summed E-state index contributed by atoms with van der Waals surface area (Å²) in [4.78, 5) is 11.7. The third kappa shape index (κ3) is 1.50. The van der Waals surface area contributed by atoms with E-state index in [0.717, 1.165) is 23.7 Å². The van der Waals surface area contributed by atoms with Crippen molar-refractivity contribution < 1.29 is 9.53 Å². The molecule has 1 fully saturated rings. The molecule has 0 amide bonds. The minimum absolute atomic E-state index is 0.152. The molecule has 2 aromatic rings. The zero-order chi connectivity index (χ0) is 10.3. The lowest BCUT2D eigenvalue weighted by Crippen LogP contribution is -2.13. The number of benzene rings is 1. The predicted octanol–water partition coefficient (Wildman–Crippen LogP) is 2.79. The average Bonchev–Trinajstić information content (AvgIpc) is 2.96. The average molecular weight is 201 g/mol. The van der Waals surface area contributed by atoms with Crippen LogP contribution in [0, 0.1) is 0 Å². The molecular formula is C12H11NO2. The number of aromatic nitrogens is 1.